The summed E-state index contributed by atoms with van der Waals surface area (Å²) in [5, 5.41) is 27.4. The Hall–Kier alpha value is -2.08. The number of aliphatic hydroxyl groups is 1. The Balaban J connectivity index is 2.58. The third kappa shape index (κ3) is 1.50. The number of carbonyl (C=O) groups is 1. The van der Waals surface area contributed by atoms with Crippen molar-refractivity contribution in [3.8, 4) is 5.75 Å². The highest BCUT2D eigenvalue weighted by molar-refractivity contribution is 5.84. The largest absolute Gasteiger partial charge is 0.506 e. The molecule has 0 aliphatic carbocycles. The molecule has 0 aliphatic rings. The molecule has 6 heteroatoms. The number of benzene rings is 1. The summed E-state index contributed by atoms with van der Waals surface area (Å²) < 4.78 is 0. The Morgan fingerprint density at radius 1 is 1.47 bits per heavy atom. The van der Waals surface area contributed by atoms with Gasteiger partial charge in [-0.1, -0.05) is 0 Å². The Kier molecular flexibility index (Phi) is 2.05. The third-order valence-electron chi connectivity index (χ3n) is 2.08. The summed E-state index contributed by atoms with van der Waals surface area (Å²) in [5.74, 6) is -1.53. The number of aromatic nitrogens is 2. The van der Waals surface area contributed by atoms with Gasteiger partial charge in [0.05, 0.1) is 11.8 Å². The minimum Gasteiger partial charge on any atom is -0.506 e. The minimum absolute atomic E-state index is 0.108. The van der Waals surface area contributed by atoms with E-state index >= 15 is 0 Å². The lowest BCUT2D eigenvalue weighted by molar-refractivity contribution is -0.146. The summed E-state index contributed by atoms with van der Waals surface area (Å²) in [4.78, 5) is 17.1. The van der Waals surface area contributed by atoms with Gasteiger partial charge in [0.15, 0.2) is 6.10 Å². The van der Waals surface area contributed by atoms with Crippen LogP contribution in [0.5, 0.6) is 5.75 Å². The number of nitrogens with one attached hydrogen (secondary N) is 1. The molecule has 1 atom stereocenters. The van der Waals surface area contributed by atoms with E-state index in [1.54, 1.807) is 0 Å². The highest BCUT2D eigenvalue weighted by atomic mass is 16.4. The van der Waals surface area contributed by atoms with Crippen LogP contribution in [0.4, 0.5) is 0 Å². The first kappa shape index (κ1) is 9.47. The highest BCUT2D eigenvalue weighted by Crippen LogP contribution is 2.26. The first-order valence-corrected chi connectivity index (χ1v) is 4.16. The summed E-state index contributed by atoms with van der Waals surface area (Å²) in [6.45, 7) is 0. The number of aromatic amines is 1. The number of hydrogen-bond acceptors (Lipinski definition) is 4. The summed E-state index contributed by atoms with van der Waals surface area (Å²) in [7, 11) is 0. The maximum atomic E-state index is 10.5. The second-order valence-corrected chi connectivity index (χ2v) is 3.08. The van der Waals surface area contributed by atoms with E-state index in [4.69, 9.17) is 5.11 Å². The van der Waals surface area contributed by atoms with Crippen LogP contribution in [0.25, 0.3) is 11.0 Å². The number of H-pyrrole nitrogens is 1. The SMILES string of the molecule is O=C(O)C(O)c1cc(O)c2nc[nH]c2c1. The molecule has 0 bridgehead atoms. The first-order valence-electron chi connectivity index (χ1n) is 4.16. The first-order chi connectivity index (χ1) is 7.09. The topological polar surface area (TPSA) is 106 Å². The zero-order chi connectivity index (χ0) is 11.0. The molecule has 2 aromatic rings. The minimum atomic E-state index is -1.65. The highest BCUT2D eigenvalue weighted by Gasteiger charge is 2.18. The van der Waals surface area contributed by atoms with Gasteiger partial charge in [-0.25, -0.2) is 9.78 Å². The zero-order valence-corrected chi connectivity index (χ0v) is 7.51. The molecule has 0 radical (unpaired) electrons. The van der Waals surface area contributed by atoms with Crippen LogP contribution in [-0.4, -0.2) is 31.3 Å². The fourth-order valence-corrected chi connectivity index (χ4v) is 1.35. The van der Waals surface area contributed by atoms with Crippen molar-refractivity contribution < 1.29 is 20.1 Å². The van der Waals surface area contributed by atoms with Crippen LogP contribution in [0.3, 0.4) is 0 Å². The number of fused-ring (bicyclic) bond motifs is 1. The number of carboxylic acids is 1. The molecule has 0 spiro atoms. The number of nitrogens with zero attached hydrogens (tertiary/aromatic N) is 1. The summed E-state index contributed by atoms with van der Waals surface area (Å²) in [5.41, 5.74) is 0.929. The second-order valence-electron chi connectivity index (χ2n) is 3.08. The average molecular weight is 208 g/mol. The van der Waals surface area contributed by atoms with Gasteiger partial charge in [-0.3, -0.25) is 0 Å². The van der Waals surface area contributed by atoms with Gasteiger partial charge < -0.3 is 20.3 Å². The summed E-state index contributed by atoms with van der Waals surface area (Å²) in [6.07, 6.45) is -0.273. The van der Waals surface area contributed by atoms with Crippen molar-refractivity contribution in [1.29, 1.82) is 0 Å². The zero-order valence-electron chi connectivity index (χ0n) is 7.51. The van der Waals surface area contributed by atoms with Crippen molar-refractivity contribution in [3.63, 3.8) is 0 Å². The average Bonchev–Trinajstić information content (AvgIpc) is 2.64. The quantitative estimate of drug-likeness (QED) is 0.571. The third-order valence-corrected chi connectivity index (χ3v) is 2.08. The molecule has 1 aromatic carbocycles. The lowest BCUT2D eigenvalue weighted by Crippen LogP contribution is -2.10. The molecular weight excluding hydrogens is 200 g/mol. The molecular formula is C9H8N2O4. The van der Waals surface area contributed by atoms with Crippen molar-refractivity contribution >= 4 is 17.0 Å². The molecule has 78 valence electrons. The van der Waals surface area contributed by atoms with Crippen LogP contribution in [0, 0.1) is 0 Å². The van der Waals surface area contributed by atoms with Crippen molar-refractivity contribution in [3.05, 3.63) is 24.0 Å². The van der Waals surface area contributed by atoms with Crippen molar-refractivity contribution in [2.45, 2.75) is 6.10 Å². The Morgan fingerprint density at radius 2 is 2.20 bits per heavy atom. The molecule has 0 fully saturated rings. The lowest BCUT2D eigenvalue weighted by atomic mass is 10.1. The van der Waals surface area contributed by atoms with Gasteiger partial charge in [0.2, 0.25) is 0 Å². The van der Waals surface area contributed by atoms with Gasteiger partial charge in [0.25, 0.3) is 0 Å². The van der Waals surface area contributed by atoms with E-state index in [9.17, 15) is 15.0 Å². The number of aliphatic hydroxyl groups excluding tert-OH is 1. The Labute approximate surface area is 83.8 Å². The predicted molar refractivity (Wildman–Crippen MR) is 50.4 cm³/mol. The van der Waals surface area contributed by atoms with Crippen LogP contribution < -0.4 is 0 Å². The van der Waals surface area contributed by atoms with Gasteiger partial charge >= 0.3 is 5.97 Å². The standard InChI is InChI=1S/C9H8N2O4/c12-6-2-4(8(13)9(14)15)1-5-7(6)11-3-10-5/h1-3,8,12-13H,(H,10,11)(H,14,15). The van der Waals surface area contributed by atoms with Crippen LogP contribution in [0.2, 0.25) is 0 Å². The number of hydrogen-bond donors (Lipinski definition) is 4. The predicted octanol–water partition coefficient (Wildman–Crippen LogP) is 0.386. The van der Waals surface area contributed by atoms with Crippen LogP contribution in [0.1, 0.15) is 11.7 Å². The monoisotopic (exact) mass is 208 g/mol. The Morgan fingerprint density at radius 3 is 2.87 bits per heavy atom. The van der Waals surface area contributed by atoms with Gasteiger partial charge in [-0.05, 0) is 17.7 Å². The van der Waals surface area contributed by atoms with E-state index in [2.05, 4.69) is 9.97 Å². The number of phenolic OH excluding ortho intramolecular Hbond substituents is 1. The fourth-order valence-electron chi connectivity index (χ4n) is 1.35. The van der Waals surface area contributed by atoms with Gasteiger partial charge in [0, 0.05) is 0 Å². The van der Waals surface area contributed by atoms with E-state index in [1.165, 1.54) is 18.5 Å². The number of aromatic hydroxyl groups is 1. The summed E-state index contributed by atoms with van der Waals surface area (Å²) in [6, 6.07) is 2.61. The maximum Gasteiger partial charge on any atom is 0.337 e. The molecule has 1 unspecified atom stereocenters. The Bertz CT molecular complexity index is 520. The van der Waals surface area contributed by atoms with Crippen LogP contribution in [0.15, 0.2) is 18.5 Å². The number of imidazole rings is 1. The smallest absolute Gasteiger partial charge is 0.337 e. The van der Waals surface area contributed by atoms with Gasteiger partial charge in [-0.15, -0.1) is 0 Å². The molecule has 1 aromatic heterocycles. The van der Waals surface area contributed by atoms with E-state index < -0.39 is 12.1 Å². The van der Waals surface area contributed by atoms with Crippen molar-refractivity contribution in [1.82, 2.24) is 9.97 Å². The van der Waals surface area contributed by atoms with Gasteiger partial charge in [-0.2, -0.15) is 0 Å². The van der Waals surface area contributed by atoms with Crippen LogP contribution in [-0.2, 0) is 4.79 Å². The normalized spacial score (nSPS) is 12.9. The molecule has 4 N–H and O–H groups in total. The molecule has 6 nitrogen and oxygen atoms in total. The molecule has 0 saturated heterocycles. The number of rotatable bonds is 2. The summed E-state index contributed by atoms with van der Waals surface area (Å²) >= 11 is 0. The van der Waals surface area contributed by atoms with Crippen LogP contribution >= 0.6 is 0 Å². The number of aliphatic carboxylic acids is 1. The maximum absolute atomic E-state index is 10.5. The lowest BCUT2D eigenvalue weighted by Gasteiger charge is -2.06. The van der Waals surface area contributed by atoms with E-state index in [0.717, 1.165) is 0 Å². The van der Waals surface area contributed by atoms with Crippen molar-refractivity contribution in [2.75, 3.05) is 0 Å². The molecule has 0 saturated carbocycles. The van der Waals surface area contributed by atoms with E-state index in [1.807, 2.05) is 0 Å². The second kappa shape index (κ2) is 3.25. The van der Waals surface area contributed by atoms with Crippen molar-refractivity contribution in [2.24, 2.45) is 0 Å². The molecule has 2 rings (SSSR count). The molecule has 0 amide bonds. The molecule has 15 heavy (non-hydrogen) atoms. The number of carboxylic acid groups (broad SMARTS) is 1. The molecule has 1 heterocycles. The van der Waals surface area contributed by atoms with Gasteiger partial charge in [0.1, 0.15) is 11.3 Å². The van der Waals surface area contributed by atoms with E-state index in [-0.39, 0.29) is 11.3 Å². The fraction of sp³-hybridized carbons (Fsp3) is 0.111. The van der Waals surface area contributed by atoms with E-state index in [0.29, 0.717) is 11.0 Å². The number of phenols is 1. The molecule has 0 aliphatic heterocycles.